The number of hydrogen-bond acceptors (Lipinski definition) is 6. The molecule has 7 heteroatoms. The molecule has 2 N–H and O–H groups in total. The van der Waals surface area contributed by atoms with Crippen LogP contribution in [0.4, 0.5) is 0 Å². The van der Waals surface area contributed by atoms with E-state index in [0.717, 1.165) is 0 Å². The normalized spacial score (nSPS) is 11.6. The molecular formula is C12H22O7. The Morgan fingerprint density at radius 1 is 0.947 bits per heavy atom. The minimum absolute atomic E-state index is 0.0128. The predicted octanol–water partition coefficient (Wildman–Crippen LogP) is 0.0335. The first-order valence-corrected chi connectivity index (χ1v) is 6.04. The van der Waals surface area contributed by atoms with E-state index in [1.54, 1.807) is 0 Å². The number of aliphatic carboxylic acids is 1. The Hall–Kier alpha value is -1.15. The summed E-state index contributed by atoms with van der Waals surface area (Å²) < 4.78 is 20.4. The SMILES string of the molecule is CC(=COCCOCCOCCOCCO)C(=O)O. The van der Waals surface area contributed by atoms with Crippen molar-refractivity contribution in [2.45, 2.75) is 6.92 Å². The van der Waals surface area contributed by atoms with Crippen LogP contribution in [0.5, 0.6) is 0 Å². The molecule has 0 spiro atoms. The number of rotatable bonds is 13. The number of ether oxygens (including phenoxy) is 4. The van der Waals surface area contributed by atoms with Crippen LogP contribution < -0.4 is 0 Å². The number of aliphatic hydroxyl groups is 1. The Morgan fingerprint density at radius 2 is 1.42 bits per heavy atom. The van der Waals surface area contributed by atoms with E-state index in [1.807, 2.05) is 0 Å². The van der Waals surface area contributed by atoms with Gasteiger partial charge in [0.25, 0.3) is 0 Å². The van der Waals surface area contributed by atoms with Gasteiger partial charge >= 0.3 is 5.97 Å². The molecule has 0 atom stereocenters. The molecule has 0 aromatic heterocycles. The summed E-state index contributed by atoms with van der Waals surface area (Å²) in [6.45, 7) is 4.24. The van der Waals surface area contributed by atoms with Crippen LogP contribution in [0.2, 0.25) is 0 Å². The maximum atomic E-state index is 10.4. The highest BCUT2D eigenvalue weighted by molar-refractivity contribution is 5.85. The van der Waals surface area contributed by atoms with Crippen molar-refractivity contribution in [2.24, 2.45) is 0 Å². The highest BCUT2D eigenvalue weighted by Crippen LogP contribution is 1.92. The molecule has 0 aliphatic carbocycles. The standard InChI is InChI=1S/C12H22O7/c1-11(12(14)15)10-19-9-8-18-7-6-17-5-4-16-3-2-13/h10,13H,2-9H2,1H3,(H,14,15). The van der Waals surface area contributed by atoms with E-state index in [0.29, 0.717) is 46.2 Å². The zero-order chi connectivity index (χ0) is 14.3. The molecule has 0 amide bonds. The maximum Gasteiger partial charge on any atom is 0.334 e. The lowest BCUT2D eigenvalue weighted by molar-refractivity contribution is -0.132. The topological polar surface area (TPSA) is 94.5 Å². The fraction of sp³-hybridized carbons (Fsp3) is 0.750. The first kappa shape index (κ1) is 17.8. The van der Waals surface area contributed by atoms with E-state index >= 15 is 0 Å². The second kappa shape index (κ2) is 13.3. The summed E-state index contributed by atoms with van der Waals surface area (Å²) in [6.07, 6.45) is 1.20. The summed E-state index contributed by atoms with van der Waals surface area (Å²) in [4.78, 5) is 10.4. The first-order valence-electron chi connectivity index (χ1n) is 6.04. The zero-order valence-electron chi connectivity index (χ0n) is 11.2. The fourth-order valence-electron chi connectivity index (χ4n) is 0.948. The second-order valence-corrected chi connectivity index (χ2v) is 3.54. The third-order valence-corrected chi connectivity index (χ3v) is 1.92. The van der Waals surface area contributed by atoms with Crippen LogP contribution in [-0.4, -0.2) is 69.0 Å². The van der Waals surface area contributed by atoms with Crippen LogP contribution in [0, 0.1) is 0 Å². The molecule has 7 nitrogen and oxygen atoms in total. The molecule has 0 radical (unpaired) electrons. The number of carboxylic acid groups (broad SMARTS) is 1. The molecular weight excluding hydrogens is 256 g/mol. The zero-order valence-corrected chi connectivity index (χ0v) is 11.2. The summed E-state index contributed by atoms with van der Waals surface area (Å²) >= 11 is 0. The fourth-order valence-corrected chi connectivity index (χ4v) is 0.948. The molecule has 0 rings (SSSR count). The van der Waals surface area contributed by atoms with Gasteiger partial charge in [-0.25, -0.2) is 4.79 Å². The third-order valence-electron chi connectivity index (χ3n) is 1.92. The number of hydrogen-bond donors (Lipinski definition) is 2. The van der Waals surface area contributed by atoms with Gasteiger partial charge in [-0.15, -0.1) is 0 Å². The average molecular weight is 278 g/mol. The summed E-state index contributed by atoms with van der Waals surface area (Å²) in [5, 5.41) is 17.0. The molecule has 0 unspecified atom stereocenters. The van der Waals surface area contributed by atoms with Crippen LogP contribution >= 0.6 is 0 Å². The quantitative estimate of drug-likeness (QED) is 0.279. The van der Waals surface area contributed by atoms with E-state index in [4.69, 9.17) is 29.2 Å². The van der Waals surface area contributed by atoms with Gasteiger partial charge in [0.05, 0.1) is 58.1 Å². The predicted molar refractivity (Wildman–Crippen MR) is 66.9 cm³/mol. The number of carboxylic acids is 1. The molecule has 0 aromatic rings. The van der Waals surface area contributed by atoms with Gasteiger partial charge in [-0.05, 0) is 6.92 Å². The van der Waals surface area contributed by atoms with Crippen molar-refractivity contribution in [2.75, 3.05) is 52.9 Å². The lowest BCUT2D eigenvalue weighted by atomic mass is 10.3. The van der Waals surface area contributed by atoms with Crippen molar-refractivity contribution in [1.29, 1.82) is 0 Å². The minimum Gasteiger partial charge on any atom is -0.498 e. The average Bonchev–Trinajstić information content (AvgIpc) is 2.39. The van der Waals surface area contributed by atoms with Crippen molar-refractivity contribution < 1.29 is 34.0 Å². The van der Waals surface area contributed by atoms with E-state index in [-0.39, 0.29) is 12.2 Å². The van der Waals surface area contributed by atoms with Crippen LogP contribution in [0.3, 0.4) is 0 Å². The van der Waals surface area contributed by atoms with Gasteiger partial charge < -0.3 is 29.2 Å². The Balaban J connectivity index is 3.15. The minimum atomic E-state index is -1.00. The molecule has 0 aromatic carbocycles. The van der Waals surface area contributed by atoms with Gasteiger partial charge in [0.15, 0.2) is 0 Å². The summed E-state index contributed by atoms with van der Waals surface area (Å²) in [5.41, 5.74) is 0.145. The van der Waals surface area contributed by atoms with E-state index in [9.17, 15) is 4.79 Å². The molecule has 0 aliphatic heterocycles. The van der Waals surface area contributed by atoms with Crippen LogP contribution in [0.25, 0.3) is 0 Å². The van der Waals surface area contributed by atoms with Crippen molar-refractivity contribution >= 4 is 5.97 Å². The molecule has 19 heavy (non-hydrogen) atoms. The number of carbonyl (C=O) groups is 1. The van der Waals surface area contributed by atoms with E-state index < -0.39 is 5.97 Å². The third kappa shape index (κ3) is 13.1. The maximum absolute atomic E-state index is 10.4. The van der Waals surface area contributed by atoms with Crippen LogP contribution in [-0.2, 0) is 23.7 Å². The summed E-state index contributed by atoms with van der Waals surface area (Å²) in [5.74, 6) is -1.00. The van der Waals surface area contributed by atoms with Crippen LogP contribution in [0.1, 0.15) is 6.92 Å². The highest BCUT2D eigenvalue weighted by atomic mass is 16.6. The molecule has 112 valence electrons. The largest absolute Gasteiger partial charge is 0.498 e. The van der Waals surface area contributed by atoms with Crippen molar-refractivity contribution in [1.82, 2.24) is 0 Å². The first-order chi connectivity index (χ1) is 9.18. The van der Waals surface area contributed by atoms with Crippen molar-refractivity contribution in [3.63, 3.8) is 0 Å². The van der Waals surface area contributed by atoms with Gasteiger partial charge in [-0.1, -0.05) is 0 Å². The lowest BCUT2D eigenvalue weighted by Crippen LogP contribution is -2.12. The van der Waals surface area contributed by atoms with E-state index in [1.165, 1.54) is 13.2 Å². The molecule has 0 aliphatic rings. The van der Waals surface area contributed by atoms with Crippen LogP contribution in [0.15, 0.2) is 11.8 Å². The second-order valence-electron chi connectivity index (χ2n) is 3.54. The molecule has 0 heterocycles. The monoisotopic (exact) mass is 278 g/mol. The molecule has 0 saturated heterocycles. The highest BCUT2D eigenvalue weighted by Gasteiger charge is 1.98. The Morgan fingerprint density at radius 3 is 1.89 bits per heavy atom. The van der Waals surface area contributed by atoms with Gasteiger partial charge in [-0.3, -0.25) is 0 Å². The van der Waals surface area contributed by atoms with Crippen molar-refractivity contribution in [3.8, 4) is 0 Å². The Kier molecular flexibility index (Phi) is 12.5. The Bertz CT molecular complexity index is 252. The smallest absolute Gasteiger partial charge is 0.334 e. The number of aliphatic hydroxyl groups excluding tert-OH is 1. The van der Waals surface area contributed by atoms with Crippen molar-refractivity contribution in [3.05, 3.63) is 11.8 Å². The molecule has 0 fully saturated rings. The van der Waals surface area contributed by atoms with Gasteiger partial charge in [0, 0.05) is 0 Å². The van der Waals surface area contributed by atoms with Gasteiger partial charge in [0.1, 0.15) is 6.61 Å². The lowest BCUT2D eigenvalue weighted by Gasteiger charge is -2.06. The Labute approximate surface area is 112 Å². The van der Waals surface area contributed by atoms with Gasteiger partial charge in [-0.2, -0.15) is 0 Å². The molecule has 0 bridgehead atoms. The summed E-state index contributed by atoms with van der Waals surface area (Å²) in [6, 6.07) is 0. The summed E-state index contributed by atoms with van der Waals surface area (Å²) in [7, 11) is 0. The van der Waals surface area contributed by atoms with E-state index in [2.05, 4.69) is 0 Å². The molecule has 0 saturated carbocycles. The van der Waals surface area contributed by atoms with Gasteiger partial charge in [0.2, 0.25) is 0 Å².